The maximum atomic E-state index is 12.5. The average molecular weight is 267 g/mol. The lowest BCUT2D eigenvalue weighted by Gasteiger charge is -2.41. The Morgan fingerprint density at radius 2 is 2.26 bits per heavy atom. The number of carbonyl (C=O) groups excluding carboxylic acids is 2. The van der Waals surface area contributed by atoms with Crippen molar-refractivity contribution >= 4 is 11.8 Å². The van der Waals surface area contributed by atoms with Crippen molar-refractivity contribution in [3.05, 3.63) is 0 Å². The van der Waals surface area contributed by atoms with Gasteiger partial charge in [-0.3, -0.25) is 9.59 Å². The molecule has 5 nitrogen and oxygen atoms in total. The van der Waals surface area contributed by atoms with E-state index < -0.39 is 0 Å². The first-order valence-corrected chi connectivity index (χ1v) is 7.43. The highest BCUT2D eigenvalue weighted by Gasteiger charge is 2.34. The van der Waals surface area contributed by atoms with Crippen LogP contribution < -0.4 is 11.1 Å². The molecule has 108 valence electrons. The molecule has 2 amide bonds. The average Bonchev–Trinajstić information content (AvgIpc) is 2.46. The van der Waals surface area contributed by atoms with E-state index in [1.807, 2.05) is 4.90 Å². The molecule has 0 saturated carbocycles. The molecule has 19 heavy (non-hydrogen) atoms. The first kappa shape index (κ1) is 14.3. The van der Waals surface area contributed by atoms with E-state index in [-0.39, 0.29) is 23.8 Å². The van der Waals surface area contributed by atoms with Crippen molar-refractivity contribution in [2.45, 2.75) is 45.1 Å². The van der Waals surface area contributed by atoms with Gasteiger partial charge in [-0.15, -0.1) is 0 Å². The van der Waals surface area contributed by atoms with E-state index in [2.05, 4.69) is 12.2 Å². The van der Waals surface area contributed by atoms with Crippen molar-refractivity contribution in [2.24, 2.45) is 17.6 Å². The van der Waals surface area contributed by atoms with Crippen molar-refractivity contribution in [1.82, 2.24) is 10.2 Å². The molecule has 0 radical (unpaired) electrons. The van der Waals surface area contributed by atoms with Crippen LogP contribution in [0, 0.1) is 11.8 Å². The molecule has 3 unspecified atom stereocenters. The van der Waals surface area contributed by atoms with Gasteiger partial charge in [-0.2, -0.15) is 0 Å². The molecule has 2 heterocycles. The van der Waals surface area contributed by atoms with Crippen LogP contribution in [-0.4, -0.2) is 42.4 Å². The highest BCUT2D eigenvalue weighted by molar-refractivity contribution is 5.84. The van der Waals surface area contributed by atoms with E-state index in [0.717, 1.165) is 25.8 Å². The van der Waals surface area contributed by atoms with E-state index in [0.29, 0.717) is 31.8 Å². The van der Waals surface area contributed by atoms with Gasteiger partial charge in [-0.1, -0.05) is 13.3 Å². The number of piperidine rings is 2. The minimum Gasteiger partial charge on any atom is -0.355 e. The maximum absolute atomic E-state index is 12.5. The summed E-state index contributed by atoms with van der Waals surface area (Å²) in [5.41, 5.74) is 5.84. The van der Waals surface area contributed by atoms with Crippen LogP contribution in [0.4, 0.5) is 0 Å². The first-order valence-electron chi connectivity index (χ1n) is 7.43. The SMILES string of the molecule is CCC1CCN(C(=O)C2CCC(=O)NC2)C(CN)C1. The van der Waals surface area contributed by atoms with Crippen molar-refractivity contribution in [3.8, 4) is 0 Å². The Hall–Kier alpha value is -1.10. The van der Waals surface area contributed by atoms with Gasteiger partial charge in [0.1, 0.15) is 0 Å². The van der Waals surface area contributed by atoms with Gasteiger partial charge in [0.25, 0.3) is 0 Å². The van der Waals surface area contributed by atoms with E-state index in [1.54, 1.807) is 0 Å². The van der Waals surface area contributed by atoms with Gasteiger partial charge < -0.3 is 16.0 Å². The number of likely N-dealkylation sites (tertiary alicyclic amines) is 1. The molecule has 5 heteroatoms. The highest BCUT2D eigenvalue weighted by Crippen LogP contribution is 2.27. The fourth-order valence-electron chi connectivity index (χ4n) is 3.20. The molecule has 0 bridgehead atoms. The van der Waals surface area contributed by atoms with Crippen LogP contribution >= 0.6 is 0 Å². The molecule has 2 aliphatic heterocycles. The van der Waals surface area contributed by atoms with Crippen LogP contribution in [0.5, 0.6) is 0 Å². The summed E-state index contributed by atoms with van der Waals surface area (Å²) in [6.07, 6.45) is 4.42. The van der Waals surface area contributed by atoms with Crippen LogP contribution in [0.15, 0.2) is 0 Å². The molecular formula is C14H25N3O2. The number of rotatable bonds is 3. The van der Waals surface area contributed by atoms with Crippen molar-refractivity contribution in [1.29, 1.82) is 0 Å². The van der Waals surface area contributed by atoms with Gasteiger partial charge in [-0.05, 0) is 25.2 Å². The number of hydrogen-bond donors (Lipinski definition) is 2. The number of hydrogen-bond acceptors (Lipinski definition) is 3. The van der Waals surface area contributed by atoms with E-state index in [9.17, 15) is 9.59 Å². The maximum Gasteiger partial charge on any atom is 0.227 e. The third-order valence-electron chi connectivity index (χ3n) is 4.57. The lowest BCUT2D eigenvalue weighted by atomic mass is 9.87. The predicted octanol–water partition coefficient (Wildman–Crippen LogP) is 0.489. The minimum atomic E-state index is -0.0510. The Bertz CT molecular complexity index is 336. The smallest absolute Gasteiger partial charge is 0.227 e. The van der Waals surface area contributed by atoms with Gasteiger partial charge >= 0.3 is 0 Å². The molecule has 0 spiro atoms. The van der Waals surface area contributed by atoms with Crippen molar-refractivity contribution < 1.29 is 9.59 Å². The van der Waals surface area contributed by atoms with Gasteiger partial charge in [0.2, 0.25) is 11.8 Å². The summed E-state index contributed by atoms with van der Waals surface area (Å²) in [5.74, 6) is 0.891. The third-order valence-corrected chi connectivity index (χ3v) is 4.57. The summed E-state index contributed by atoms with van der Waals surface area (Å²) < 4.78 is 0. The molecule has 3 N–H and O–H groups in total. The quantitative estimate of drug-likeness (QED) is 0.781. The van der Waals surface area contributed by atoms with Gasteiger partial charge in [0.05, 0.1) is 5.92 Å². The van der Waals surface area contributed by atoms with E-state index in [4.69, 9.17) is 5.73 Å². The second-order valence-electron chi connectivity index (χ2n) is 5.76. The monoisotopic (exact) mass is 267 g/mol. The molecule has 2 aliphatic rings. The molecule has 2 fully saturated rings. The van der Waals surface area contributed by atoms with Crippen LogP contribution in [0.3, 0.4) is 0 Å². The van der Waals surface area contributed by atoms with Crippen LogP contribution in [-0.2, 0) is 9.59 Å². The lowest BCUT2D eigenvalue weighted by molar-refractivity contribution is -0.141. The Kier molecular flexibility index (Phi) is 4.80. The molecule has 2 saturated heterocycles. The number of carbonyl (C=O) groups is 2. The molecule has 2 rings (SSSR count). The standard InChI is InChI=1S/C14H25N3O2/c1-2-10-5-6-17(12(7-10)8-15)14(19)11-3-4-13(18)16-9-11/h10-12H,2-9,15H2,1H3,(H,16,18). The normalized spacial score (nSPS) is 32.0. The summed E-state index contributed by atoms with van der Waals surface area (Å²) in [6, 6.07) is 0.184. The summed E-state index contributed by atoms with van der Waals surface area (Å²) in [4.78, 5) is 25.7. The summed E-state index contributed by atoms with van der Waals surface area (Å²) in [6.45, 7) is 4.06. The minimum absolute atomic E-state index is 0.0510. The molecule has 0 aromatic carbocycles. The summed E-state index contributed by atoms with van der Waals surface area (Å²) in [5, 5.41) is 2.79. The fourth-order valence-corrected chi connectivity index (χ4v) is 3.20. The van der Waals surface area contributed by atoms with Crippen molar-refractivity contribution in [3.63, 3.8) is 0 Å². The van der Waals surface area contributed by atoms with Crippen LogP contribution in [0.2, 0.25) is 0 Å². The van der Waals surface area contributed by atoms with Gasteiger partial charge in [0.15, 0.2) is 0 Å². The van der Waals surface area contributed by atoms with Gasteiger partial charge in [0, 0.05) is 32.1 Å². The Balaban J connectivity index is 1.96. The molecule has 0 aromatic rings. The molecule has 0 aromatic heterocycles. The summed E-state index contributed by atoms with van der Waals surface area (Å²) >= 11 is 0. The fraction of sp³-hybridized carbons (Fsp3) is 0.857. The topological polar surface area (TPSA) is 75.4 Å². The zero-order valence-electron chi connectivity index (χ0n) is 11.7. The van der Waals surface area contributed by atoms with Crippen LogP contribution in [0.25, 0.3) is 0 Å². The Morgan fingerprint density at radius 3 is 2.84 bits per heavy atom. The molecular weight excluding hydrogens is 242 g/mol. The molecule has 0 aliphatic carbocycles. The number of nitrogens with zero attached hydrogens (tertiary/aromatic N) is 1. The third kappa shape index (κ3) is 3.26. The van der Waals surface area contributed by atoms with Crippen LogP contribution in [0.1, 0.15) is 39.0 Å². The summed E-state index contributed by atoms with van der Waals surface area (Å²) in [7, 11) is 0. The zero-order valence-corrected chi connectivity index (χ0v) is 11.7. The zero-order chi connectivity index (χ0) is 13.8. The van der Waals surface area contributed by atoms with Gasteiger partial charge in [-0.25, -0.2) is 0 Å². The first-order chi connectivity index (χ1) is 9.15. The number of amides is 2. The Labute approximate surface area is 114 Å². The lowest BCUT2D eigenvalue weighted by Crippen LogP contribution is -2.53. The Morgan fingerprint density at radius 1 is 1.47 bits per heavy atom. The molecule has 3 atom stereocenters. The number of nitrogens with two attached hydrogens (primary N) is 1. The predicted molar refractivity (Wildman–Crippen MR) is 73.3 cm³/mol. The van der Waals surface area contributed by atoms with Crippen molar-refractivity contribution in [2.75, 3.05) is 19.6 Å². The number of nitrogens with one attached hydrogen (secondary N) is 1. The highest BCUT2D eigenvalue weighted by atomic mass is 16.2. The van der Waals surface area contributed by atoms with E-state index >= 15 is 0 Å². The largest absolute Gasteiger partial charge is 0.355 e. The second-order valence-corrected chi connectivity index (χ2v) is 5.76. The second kappa shape index (κ2) is 6.37. The van der Waals surface area contributed by atoms with E-state index in [1.165, 1.54) is 0 Å².